The maximum absolute atomic E-state index is 12.7. The Labute approximate surface area is 186 Å². The van der Waals surface area contributed by atoms with Crippen LogP contribution >= 0.6 is 43.5 Å². The van der Waals surface area contributed by atoms with Gasteiger partial charge in [-0.2, -0.15) is 0 Å². The van der Waals surface area contributed by atoms with Crippen molar-refractivity contribution in [1.82, 2.24) is 4.98 Å². The molecule has 0 aliphatic heterocycles. The van der Waals surface area contributed by atoms with Crippen molar-refractivity contribution in [3.05, 3.63) is 91.1 Å². The highest BCUT2D eigenvalue weighted by Crippen LogP contribution is 2.26. The molecule has 0 unspecified atom stereocenters. The minimum absolute atomic E-state index is 0.199. The number of para-hydroxylation sites is 1. The number of carbonyl (C=O) groups is 1. The molecule has 0 spiro atoms. The van der Waals surface area contributed by atoms with Crippen molar-refractivity contribution in [1.29, 1.82) is 0 Å². The van der Waals surface area contributed by atoms with Crippen LogP contribution in [0.25, 0.3) is 0 Å². The highest BCUT2D eigenvalue weighted by atomic mass is 79.9. The maximum atomic E-state index is 12.7. The minimum atomic E-state index is -0.199. The van der Waals surface area contributed by atoms with Gasteiger partial charge < -0.3 is 5.32 Å². The lowest BCUT2D eigenvalue weighted by atomic mass is 9.99. The summed E-state index contributed by atoms with van der Waals surface area (Å²) in [4.78, 5) is 17.1. The predicted molar refractivity (Wildman–Crippen MR) is 122 cm³/mol. The highest BCUT2D eigenvalue weighted by molar-refractivity contribution is 9.10. The van der Waals surface area contributed by atoms with Gasteiger partial charge >= 0.3 is 0 Å². The van der Waals surface area contributed by atoms with Crippen LogP contribution in [-0.2, 0) is 12.8 Å². The summed E-state index contributed by atoms with van der Waals surface area (Å²) in [5.74, 6) is -0.199. The van der Waals surface area contributed by atoms with E-state index in [2.05, 4.69) is 49.1 Å². The monoisotopic (exact) mass is 520 g/mol. The summed E-state index contributed by atoms with van der Waals surface area (Å²) >= 11 is 13.2. The van der Waals surface area contributed by atoms with Crippen molar-refractivity contribution in [2.24, 2.45) is 0 Å². The third-order valence-corrected chi connectivity index (χ3v) is 5.96. The second-order valence-corrected chi connectivity index (χ2v) is 8.71. The summed E-state index contributed by atoms with van der Waals surface area (Å²) in [7, 11) is 0. The molecule has 0 saturated carbocycles. The Hall–Kier alpha value is -1.69. The summed E-state index contributed by atoms with van der Waals surface area (Å²) in [6.07, 6.45) is 4.16. The number of nitrogens with one attached hydrogen (secondary N) is 1. The van der Waals surface area contributed by atoms with Gasteiger partial charge in [-0.3, -0.25) is 4.79 Å². The zero-order chi connectivity index (χ0) is 20.1. The number of anilines is 1. The summed E-state index contributed by atoms with van der Waals surface area (Å²) in [6, 6.07) is 15.3. The smallest absolute Gasteiger partial charge is 0.274 e. The lowest BCUT2D eigenvalue weighted by molar-refractivity contribution is 0.102. The number of benzene rings is 2. The number of rotatable bonds is 6. The number of aromatic nitrogens is 1. The molecule has 0 atom stereocenters. The lowest BCUT2D eigenvalue weighted by Crippen LogP contribution is -2.16. The fraction of sp³-hybridized carbons (Fsp3) is 0.182. The van der Waals surface area contributed by atoms with Crippen LogP contribution in [0.2, 0.25) is 5.02 Å². The SMILES string of the molecule is Cc1c(Br)cc(Cl)cc1CCCc1cc(Br)cnc1C(=O)Nc1ccccc1. The zero-order valence-electron chi connectivity index (χ0n) is 15.3. The fourth-order valence-corrected chi connectivity index (χ4v) is 4.27. The van der Waals surface area contributed by atoms with Crippen LogP contribution in [-0.4, -0.2) is 10.9 Å². The van der Waals surface area contributed by atoms with Crippen molar-refractivity contribution < 1.29 is 4.79 Å². The average molecular weight is 523 g/mol. The van der Waals surface area contributed by atoms with Gasteiger partial charge in [-0.25, -0.2) is 4.98 Å². The molecular formula is C22H19Br2ClN2O. The normalized spacial score (nSPS) is 10.7. The van der Waals surface area contributed by atoms with Crippen molar-refractivity contribution in [2.45, 2.75) is 26.2 Å². The third-order valence-electron chi connectivity index (χ3n) is 4.49. The molecule has 0 radical (unpaired) electrons. The van der Waals surface area contributed by atoms with E-state index in [1.807, 2.05) is 48.5 Å². The summed E-state index contributed by atoms with van der Waals surface area (Å²) < 4.78 is 1.88. The predicted octanol–water partition coefficient (Wildman–Crippen LogP) is 7.00. The van der Waals surface area contributed by atoms with Gasteiger partial charge in [-0.1, -0.05) is 45.7 Å². The molecule has 0 aliphatic carbocycles. The Morgan fingerprint density at radius 2 is 1.79 bits per heavy atom. The highest BCUT2D eigenvalue weighted by Gasteiger charge is 2.14. The molecule has 1 amide bonds. The van der Waals surface area contributed by atoms with E-state index in [0.29, 0.717) is 5.69 Å². The number of hydrogen-bond acceptors (Lipinski definition) is 2. The molecule has 0 bridgehead atoms. The number of aryl methyl sites for hydroxylation is 2. The van der Waals surface area contributed by atoms with E-state index in [1.54, 1.807) is 6.20 Å². The number of carbonyl (C=O) groups excluding carboxylic acids is 1. The Balaban J connectivity index is 1.73. The standard InChI is InChI=1S/C22H19Br2ClN2O/c1-14-15(11-18(25)12-20(14)24)6-5-7-16-10-17(23)13-26-21(16)22(28)27-19-8-3-2-4-9-19/h2-4,8-13H,5-7H2,1H3,(H,27,28). The van der Waals surface area contributed by atoms with E-state index in [9.17, 15) is 4.79 Å². The Kier molecular flexibility index (Phi) is 7.27. The van der Waals surface area contributed by atoms with Crippen molar-refractivity contribution in [3.8, 4) is 0 Å². The number of hydrogen-bond donors (Lipinski definition) is 1. The molecule has 6 heteroatoms. The van der Waals surface area contributed by atoms with Crippen LogP contribution in [0, 0.1) is 6.92 Å². The Morgan fingerprint density at radius 3 is 2.54 bits per heavy atom. The molecule has 1 aromatic heterocycles. The lowest BCUT2D eigenvalue weighted by Gasteiger charge is -2.12. The van der Waals surface area contributed by atoms with Crippen LogP contribution in [0.15, 0.2) is 63.7 Å². The van der Waals surface area contributed by atoms with Crippen LogP contribution in [0.1, 0.15) is 33.6 Å². The van der Waals surface area contributed by atoms with Gasteiger partial charge in [0.1, 0.15) is 5.69 Å². The quantitative estimate of drug-likeness (QED) is 0.379. The summed E-state index contributed by atoms with van der Waals surface area (Å²) in [5, 5.41) is 3.63. The van der Waals surface area contributed by atoms with Gasteiger partial charge in [0.15, 0.2) is 0 Å². The molecule has 0 saturated heterocycles. The number of halogens is 3. The molecule has 1 heterocycles. The molecule has 0 aliphatic rings. The van der Waals surface area contributed by atoms with Gasteiger partial charge in [0.05, 0.1) is 0 Å². The summed E-state index contributed by atoms with van der Waals surface area (Å²) in [5.41, 5.74) is 4.52. The number of pyridine rings is 1. The van der Waals surface area contributed by atoms with E-state index in [0.717, 1.165) is 44.5 Å². The number of nitrogens with zero attached hydrogens (tertiary/aromatic N) is 1. The zero-order valence-corrected chi connectivity index (χ0v) is 19.2. The van der Waals surface area contributed by atoms with Crippen molar-refractivity contribution in [2.75, 3.05) is 5.32 Å². The first kappa shape index (κ1) is 21.0. The molecular weight excluding hydrogens is 504 g/mol. The van der Waals surface area contributed by atoms with Crippen LogP contribution in [0.4, 0.5) is 5.69 Å². The first-order chi connectivity index (χ1) is 13.4. The molecule has 144 valence electrons. The van der Waals surface area contributed by atoms with E-state index in [-0.39, 0.29) is 5.91 Å². The second-order valence-electron chi connectivity index (χ2n) is 6.51. The Morgan fingerprint density at radius 1 is 1.07 bits per heavy atom. The van der Waals surface area contributed by atoms with E-state index < -0.39 is 0 Å². The molecule has 0 fully saturated rings. The average Bonchev–Trinajstić information content (AvgIpc) is 2.66. The van der Waals surface area contributed by atoms with Crippen LogP contribution in [0.3, 0.4) is 0 Å². The first-order valence-corrected chi connectivity index (χ1v) is 10.9. The van der Waals surface area contributed by atoms with Crippen LogP contribution in [0.5, 0.6) is 0 Å². The second kappa shape index (κ2) is 9.68. The van der Waals surface area contributed by atoms with Crippen molar-refractivity contribution >= 4 is 55.1 Å². The first-order valence-electron chi connectivity index (χ1n) is 8.89. The third kappa shape index (κ3) is 5.43. The van der Waals surface area contributed by atoms with Gasteiger partial charge in [-0.05, 0) is 89.1 Å². The molecule has 3 nitrogen and oxygen atoms in total. The molecule has 1 N–H and O–H groups in total. The van der Waals surface area contributed by atoms with E-state index >= 15 is 0 Å². The van der Waals surface area contributed by atoms with E-state index in [4.69, 9.17) is 11.6 Å². The van der Waals surface area contributed by atoms with Gasteiger partial charge in [0.25, 0.3) is 5.91 Å². The van der Waals surface area contributed by atoms with Gasteiger partial charge in [-0.15, -0.1) is 0 Å². The Bertz CT molecular complexity index is 993. The largest absolute Gasteiger partial charge is 0.321 e. The van der Waals surface area contributed by atoms with Crippen molar-refractivity contribution in [3.63, 3.8) is 0 Å². The molecule has 3 rings (SSSR count). The molecule has 3 aromatic rings. The fourth-order valence-electron chi connectivity index (χ4n) is 3.02. The minimum Gasteiger partial charge on any atom is -0.321 e. The molecule has 28 heavy (non-hydrogen) atoms. The maximum Gasteiger partial charge on any atom is 0.274 e. The van der Waals surface area contributed by atoms with Gasteiger partial charge in [0, 0.05) is 25.9 Å². The van der Waals surface area contributed by atoms with Gasteiger partial charge in [0.2, 0.25) is 0 Å². The molecule has 2 aromatic carbocycles. The summed E-state index contributed by atoms with van der Waals surface area (Å²) in [6.45, 7) is 2.08. The van der Waals surface area contributed by atoms with Crippen LogP contribution < -0.4 is 5.32 Å². The van der Waals surface area contributed by atoms with E-state index in [1.165, 1.54) is 11.1 Å². The topological polar surface area (TPSA) is 42.0 Å². The number of amides is 1.